The van der Waals surface area contributed by atoms with Gasteiger partial charge in [0, 0.05) is 14.1 Å². The molecule has 3 aliphatic rings. The summed E-state index contributed by atoms with van der Waals surface area (Å²) in [5.41, 5.74) is 0.823. The third-order valence-corrected chi connectivity index (χ3v) is 4.29. The van der Waals surface area contributed by atoms with E-state index in [9.17, 15) is 14.7 Å². The number of aliphatic imine (C=N–C) groups is 1. The van der Waals surface area contributed by atoms with E-state index in [1.165, 1.54) is 11.9 Å². The first-order chi connectivity index (χ1) is 10.4. The zero-order valence-corrected chi connectivity index (χ0v) is 13.0. The molecule has 1 saturated heterocycles. The molecule has 118 valence electrons. The minimum atomic E-state index is -0.635. The van der Waals surface area contributed by atoms with Crippen molar-refractivity contribution in [3.05, 3.63) is 0 Å². The van der Waals surface area contributed by atoms with Crippen LogP contribution in [0.25, 0.3) is 0 Å². The van der Waals surface area contributed by atoms with Gasteiger partial charge in [-0.2, -0.15) is 0 Å². The standard InChI is InChI=1S/C13H19N6O3/c1-7-8(2)19-9-10(14-12(19)18(15-7)5-6-20)16(3)13(22)17(4)11(9)21/h8-9,20H,5-6H2,1-4H3/q+1. The number of aliphatic hydroxyl groups excluding tert-OH is 1. The maximum Gasteiger partial charge on any atom is 0.417 e. The Hall–Kier alpha value is -2.29. The molecular weight excluding hydrogens is 288 g/mol. The Labute approximate surface area is 127 Å². The highest BCUT2D eigenvalue weighted by molar-refractivity contribution is 6.23. The van der Waals surface area contributed by atoms with Gasteiger partial charge in [0.25, 0.3) is 5.91 Å². The smallest absolute Gasteiger partial charge is 0.393 e. The van der Waals surface area contributed by atoms with E-state index in [4.69, 9.17) is 0 Å². The molecule has 0 spiro atoms. The quantitative estimate of drug-likeness (QED) is 0.644. The van der Waals surface area contributed by atoms with E-state index >= 15 is 0 Å². The van der Waals surface area contributed by atoms with Crippen molar-refractivity contribution in [3.8, 4) is 0 Å². The third-order valence-electron chi connectivity index (χ3n) is 4.29. The van der Waals surface area contributed by atoms with Crippen molar-refractivity contribution in [2.75, 3.05) is 27.2 Å². The number of amides is 3. The lowest BCUT2D eigenvalue weighted by molar-refractivity contribution is -0.559. The molecule has 0 bridgehead atoms. The van der Waals surface area contributed by atoms with Crippen molar-refractivity contribution in [2.24, 2.45) is 10.1 Å². The van der Waals surface area contributed by atoms with Crippen LogP contribution in [0, 0.1) is 0 Å². The molecule has 0 saturated carbocycles. The molecule has 3 aliphatic heterocycles. The van der Waals surface area contributed by atoms with Gasteiger partial charge in [-0.3, -0.25) is 14.6 Å². The van der Waals surface area contributed by atoms with Crippen LogP contribution in [0.1, 0.15) is 13.8 Å². The number of carbonyl (C=O) groups is 2. The summed E-state index contributed by atoms with van der Waals surface area (Å²) in [5.74, 6) is 0.598. The van der Waals surface area contributed by atoms with Gasteiger partial charge in [0.2, 0.25) is 11.9 Å². The molecule has 3 heterocycles. The summed E-state index contributed by atoms with van der Waals surface area (Å²) in [6.07, 6.45) is 0. The number of hydrazone groups is 1. The Bertz CT molecular complexity index is 652. The van der Waals surface area contributed by atoms with Crippen molar-refractivity contribution in [1.82, 2.24) is 14.8 Å². The summed E-state index contributed by atoms with van der Waals surface area (Å²) in [4.78, 5) is 31.6. The van der Waals surface area contributed by atoms with E-state index in [1.807, 2.05) is 18.4 Å². The molecule has 3 amide bonds. The molecule has 0 aliphatic carbocycles. The monoisotopic (exact) mass is 307 g/mol. The highest BCUT2D eigenvalue weighted by Gasteiger charge is 2.55. The number of hydrogen-bond acceptors (Lipinski definition) is 6. The van der Waals surface area contributed by atoms with Crippen LogP contribution in [-0.4, -0.2) is 93.3 Å². The first kappa shape index (κ1) is 14.6. The predicted molar refractivity (Wildman–Crippen MR) is 78.8 cm³/mol. The van der Waals surface area contributed by atoms with E-state index in [2.05, 4.69) is 10.1 Å². The van der Waals surface area contributed by atoms with Crippen LogP contribution in [0.15, 0.2) is 10.1 Å². The second-order valence-corrected chi connectivity index (χ2v) is 5.58. The maximum atomic E-state index is 12.6. The Morgan fingerprint density at radius 2 is 1.95 bits per heavy atom. The number of hydrogen-bond donors (Lipinski definition) is 1. The van der Waals surface area contributed by atoms with E-state index in [0.717, 1.165) is 10.6 Å². The zero-order chi connectivity index (χ0) is 16.2. The topological polar surface area (TPSA) is 91.8 Å². The van der Waals surface area contributed by atoms with Crippen molar-refractivity contribution >= 4 is 29.4 Å². The van der Waals surface area contributed by atoms with E-state index in [1.54, 1.807) is 12.1 Å². The Kier molecular flexibility index (Phi) is 3.24. The molecule has 22 heavy (non-hydrogen) atoms. The van der Waals surface area contributed by atoms with E-state index < -0.39 is 12.1 Å². The van der Waals surface area contributed by atoms with Gasteiger partial charge in [0.15, 0.2) is 0 Å². The highest BCUT2D eigenvalue weighted by atomic mass is 16.3. The first-order valence-corrected chi connectivity index (χ1v) is 7.11. The summed E-state index contributed by atoms with van der Waals surface area (Å²) < 4.78 is 1.86. The van der Waals surface area contributed by atoms with Crippen LogP contribution >= 0.6 is 0 Å². The summed E-state index contributed by atoms with van der Waals surface area (Å²) >= 11 is 0. The van der Waals surface area contributed by atoms with Gasteiger partial charge < -0.3 is 5.11 Å². The predicted octanol–water partition coefficient (Wildman–Crippen LogP) is -1.27. The van der Waals surface area contributed by atoms with Crippen LogP contribution in [-0.2, 0) is 4.79 Å². The van der Waals surface area contributed by atoms with Crippen molar-refractivity contribution in [3.63, 3.8) is 0 Å². The van der Waals surface area contributed by atoms with Crippen LogP contribution in [0.5, 0.6) is 0 Å². The second-order valence-electron chi connectivity index (χ2n) is 5.58. The summed E-state index contributed by atoms with van der Waals surface area (Å²) in [6, 6.07) is -1.15. The lowest BCUT2D eigenvalue weighted by atomic mass is 10.1. The van der Waals surface area contributed by atoms with Gasteiger partial charge >= 0.3 is 12.0 Å². The minimum Gasteiger partial charge on any atom is -0.393 e. The fraction of sp³-hybridized carbons (Fsp3) is 0.615. The molecule has 3 rings (SSSR count). The number of fused-ring (bicyclic) bond motifs is 2. The number of aliphatic hydroxyl groups is 1. The fourth-order valence-electron chi connectivity index (χ4n) is 2.90. The molecule has 9 heteroatoms. The third kappa shape index (κ3) is 1.78. The number of rotatable bonds is 2. The van der Waals surface area contributed by atoms with E-state index in [-0.39, 0.29) is 25.1 Å². The van der Waals surface area contributed by atoms with Gasteiger partial charge in [-0.05, 0) is 13.8 Å². The molecule has 0 aromatic rings. The van der Waals surface area contributed by atoms with Crippen molar-refractivity contribution in [2.45, 2.75) is 25.9 Å². The number of β-amino-alcohol motifs (C(OH)–C–C–N with tert-alkyl or cyclic N) is 1. The first-order valence-electron chi connectivity index (χ1n) is 7.11. The molecule has 2 unspecified atom stereocenters. The average Bonchev–Trinajstić information content (AvgIpc) is 2.89. The van der Waals surface area contributed by atoms with Crippen LogP contribution < -0.4 is 0 Å². The number of carbonyl (C=O) groups excluding carboxylic acids is 2. The van der Waals surface area contributed by atoms with Crippen LogP contribution in [0.3, 0.4) is 0 Å². The molecule has 0 radical (unpaired) electrons. The van der Waals surface area contributed by atoms with Gasteiger partial charge in [-0.15, -0.1) is 10.1 Å². The molecule has 1 N–H and O–H groups in total. The minimum absolute atomic E-state index is 0.0827. The van der Waals surface area contributed by atoms with Gasteiger partial charge in [-0.1, -0.05) is 4.99 Å². The molecule has 2 atom stereocenters. The van der Waals surface area contributed by atoms with E-state index in [0.29, 0.717) is 11.8 Å². The number of nitrogens with zero attached hydrogens (tertiary/aromatic N) is 6. The van der Waals surface area contributed by atoms with Crippen LogP contribution in [0.4, 0.5) is 4.79 Å². The molecule has 0 aromatic carbocycles. The molecule has 9 nitrogen and oxygen atoms in total. The largest absolute Gasteiger partial charge is 0.417 e. The lowest BCUT2D eigenvalue weighted by Crippen LogP contribution is -2.63. The van der Waals surface area contributed by atoms with Gasteiger partial charge in [0.1, 0.15) is 12.6 Å². The summed E-state index contributed by atoms with van der Waals surface area (Å²) in [6.45, 7) is 4.01. The highest BCUT2D eigenvalue weighted by Crippen LogP contribution is 2.24. The normalized spacial score (nSPS) is 28.0. The lowest BCUT2D eigenvalue weighted by Gasteiger charge is -2.33. The van der Waals surface area contributed by atoms with Crippen molar-refractivity contribution in [1.29, 1.82) is 0 Å². The number of imide groups is 1. The Balaban J connectivity index is 2.10. The van der Waals surface area contributed by atoms with Gasteiger partial charge in [0.05, 0.1) is 12.3 Å². The van der Waals surface area contributed by atoms with Crippen molar-refractivity contribution < 1.29 is 19.3 Å². The number of amidine groups is 1. The zero-order valence-electron chi connectivity index (χ0n) is 13.0. The molecular formula is C13H19N6O3+. The fourth-order valence-corrected chi connectivity index (χ4v) is 2.90. The average molecular weight is 307 g/mol. The SMILES string of the molecule is CC1=NN(CCO)C2=[N+](C1C)C1C(=O)N(C)C(=O)N(C)C1=N2. The van der Waals surface area contributed by atoms with Crippen LogP contribution in [0.2, 0.25) is 0 Å². The number of likely N-dealkylation sites (N-methyl/N-ethyl adjacent to an activating group) is 2. The summed E-state index contributed by atoms with van der Waals surface area (Å²) in [7, 11) is 3.07. The Morgan fingerprint density at radius 3 is 2.59 bits per heavy atom. The second kappa shape index (κ2) is 4.87. The molecule has 0 aromatic heterocycles. The molecule has 1 fully saturated rings. The maximum absolute atomic E-state index is 12.6. The van der Waals surface area contributed by atoms with Gasteiger partial charge in [-0.25, -0.2) is 9.37 Å². The Morgan fingerprint density at radius 1 is 1.27 bits per heavy atom. The summed E-state index contributed by atoms with van der Waals surface area (Å²) in [5, 5.41) is 15.2. The number of guanidine groups is 1. The number of urea groups is 1.